The summed E-state index contributed by atoms with van der Waals surface area (Å²) in [5.41, 5.74) is 5.96. The summed E-state index contributed by atoms with van der Waals surface area (Å²) >= 11 is 3.48. The van der Waals surface area contributed by atoms with Crippen molar-refractivity contribution in [2.24, 2.45) is 5.10 Å². The van der Waals surface area contributed by atoms with E-state index in [2.05, 4.69) is 41.7 Å². The van der Waals surface area contributed by atoms with Crippen LogP contribution >= 0.6 is 23.5 Å². The summed E-state index contributed by atoms with van der Waals surface area (Å²) < 4.78 is 5.80. The normalized spacial score (nSPS) is 14.2. The van der Waals surface area contributed by atoms with Gasteiger partial charge in [0.2, 0.25) is 5.91 Å². The van der Waals surface area contributed by atoms with Gasteiger partial charge in [-0.15, -0.1) is 11.8 Å². The van der Waals surface area contributed by atoms with Crippen molar-refractivity contribution in [1.82, 2.24) is 5.43 Å². The Morgan fingerprint density at radius 1 is 1.23 bits per heavy atom. The van der Waals surface area contributed by atoms with E-state index in [4.69, 9.17) is 4.74 Å². The molecule has 3 rings (SSSR count). The van der Waals surface area contributed by atoms with Gasteiger partial charge in [0.05, 0.1) is 12.0 Å². The highest BCUT2D eigenvalue weighted by Gasteiger charge is 2.19. The zero-order valence-corrected chi connectivity index (χ0v) is 16.3. The van der Waals surface area contributed by atoms with Crippen LogP contribution in [0.2, 0.25) is 0 Å². The molecule has 1 heterocycles. The number of thioether (sulfide) groups is 2. The van der Waals surface area contributed by atoms with Gasteiger partial charge < -0.3 is 4.74 Å². The van der Waals surface area contributed by atoms with Gasteiger partial charge in [-0.3, -0.25) is 4.79 Å². The first-order valence-electron chi connectivity index (χ1n) is 8.49. The van der Waals surface area contributed by atoms with Gasteiger partial charge in [-0.2, -0.15) is 16.9 Å². The van der Waals surface area contributed by atoms with Gasteiger partial charge in [0.15, 0.2) is 0 Å². The predicted octanol–water partition coefficient (Wildman–Crippen LogP) is 3.87. The van der Waals surface area contributed by atoms with Gasteiger partial charge >= 0.3 is 0 Å². The Labute approximate surface area is 162 Å². The highest BCUT2D eigenvalue weighted by atomic mass is 32.2. The molecule has 6 heteroatoms. The lowest BCUT2D eigenvalue weighted by Gasteiger charge is -2.25. The van der Waals surface area contributed by atoms with Gasteiger partial charge in [0.25, 0.3) is 0 Å². The van der Waals surface area contributed by atoms with E-state index in [-0.39, 0.29) is 5.91 Å². The quantitative estimate of drug-likeness (QED) is 0.553. The van der Waals surface area contributed by atoms with E-state index in [1.54, 1.807) is 18.0 Å². The van der Waals surface area contributed by atoms with Crippen molar-refractivity contribution in [2.45, 2.75) is 18.8 Å². The van der Waals surface area contributed by atoms with Crippen LogP contribution in [0.5, 0.6) is 5.75 Å². The molecule has 2 aromatic carbocycles. The standard InChI is InChI=1S/C20H22N2O2S2/c1-15-2-4-17(5-3-15)11-25-14-20(23)22-21-10-16-6-8-18(9-7-16)24-19-12-26-13-19/h2-10,19H,11-14H2,1H3,(H,22,23)/b21-10-. The number of rotatable bonds is 8. The number of hydrogen-bond acceptors (Lipinski definition) is 5. The van der Waals surface area contributed by atoms with E-state index in [9.17, 15) is 4.79 Å². The molecule has 1 aliphatic heterocycles. The Morgan fingerprint density at radius 3 is 2.62 bits per heavy atom. The van der Waals surface area contributed by atoms with Crippen LogP contribution in [0.25, 0.3) is 0 Å². The molecule has 26 heavy (non-hydrogen) atoms. The summed E-state index contributed by atoms with van der Waals surface area (Å²) in [6.07, 6.45) is 1.99. The van der Waals surface area contributed by atoms with Crippen LogP contribution in [0.3, 0.4) is 0 Å². The number of aryl methyl sites for hydroxylation is 1. The van der Waals surface area contributed by atoms with Crippen LogP contribution in [-0.4, -0.2) is 35.5 Å². The first-order chi connectivity index (χ1) is 12.7. The average Bonchev–Trinajstić information content (AvgIpc) is 2.61. The van der Waals surface area contributed by atoms with Gasteiger partial charge in [-0.05, 0) is 42.3 Å². The zero-order chi connectivity index (χ0) is 18.2. The van der Waals surface area contributed by atoms with Crippen LogP contribution in [0, 0.1) is 6.92 Å². The minimum Gasteiger partial charge on any atom is -0.489 e. The predicted molar refractivity (Wildman–Crippen MR) is 111 cm³/mol. The second-order valence-corrected chi connectivity index (χ2v) is 8.18. The third kappa shape index (κ3) is 6.11. The monoisotopic (exact) mass is 386 g/mol. The molecule has 1 saturated heterocycles. The summed E-state index contributed by atoms with van der Waals surface area (Å²) in [7, 11) is 0. The Bertz CT molecular complexity index is 741. The maximum Gasteiger partial charge on any atom is 0.250 e. The molecule has 0 unspecified atom stereocenters. The van der Waals surface area contributed by atoms with Gasteiger partial charge in [0, 0.05) is 17.3 Å². The molecular weight excluding hydrogens is 364 g/mol. The maximum absolute atomic E-state index is 11.8. The highest BCUT2D eigenvalue weighted by molar-refractivity contribution is 8.00. The number of hydrogen-bond donors (Lipinski definition) is 1. The van der Waals surface area contributed by atoms with E-state index in [0.29, 0.717) is 11.9 Å². The molecule has 0 atom stereocenters. The summed E-state index contributed by atoms with van der Waals surface area (Å²) in [5.74, 6) is 4.12. The van der Waals surface area contributed by atoms with E-state index >= 15 is 0 Å². The van der Waals surface area contributed by atoms with Gasteiger partial charge in [-0.1, -0.05) is 29.8 Å². The number of amides is 1. The molecule has 1 amide bonds. The second kappa shape index (κ2) is 9.69. The lowest BCUT2D eigenvalue weighted by Crippen LogP contribution is -2.30. The number of nitrogens with one attached hydrogen (secondary N) is 1. The number of carbonyl (C=O) groups is 1. The molecule has 0 aliphatic carbocycles. The largest absolute Gasteiger partial charge is 0.489 e. The number of carbonyl (C=O) groups excluding carboxylic acids is 1. The molecule has 1 aliphatic rings. The smallest absolute Gasteiger partial charge is 0.250 e. The number of benzene rings is 2. The average molecular weight is 387 g/mol. The van der Waals surface area contributed by atoms with Crippen molar-refractivity contribution in [3.63, 3.8) is 0 Å². The van der Waals surface area contributed by atoms with Crippen LogP contribution in [0.4, 0.5) is 0 Å². The van der Waals surface area contributed by atoms with Crippen LogP contribution < -0.4 is 10.2 Å². The molecule has 0 saturated carbocycles. The maximum atomic E-state index is 11.8. The van der Waals surface area contributed by atoms with Crippen molar-refractivity contribution in [2.75, 3.05) is 17.3 Å². The van der Waals surface area contributed by atoms with Crippen molar-refractivity contribution >= 4 is 35.6 Å². The first-order valence-corrected chi connectivity index (χ1v) is 10.8. The molecule has 4 nitrogen and oxygen atoms in total. The number of nitrogens with zero attached hydrogens (tertiary/aromatic N) is 1. The van der Waals surface area contributed by atoms with E-state index in [1.807, 2.05) is 36.0 Å². The Balaban J connectivity index is 1.35. The third-order valence-electron chi connectivity index (χ3n) is 3.82. The van der Waals surface area contributed by atoms with Crippen molar-refractivity contribution in [3.8, 4) is 5.75 Å². The number of hydrazone groups is 1. The summed E-state index contributed by atoms with van der Waals surface area (Å²) in [5, 5.41) is 4.01. The van der Waals surface area contributed by atoms with Gasteiger partial charge in [-0.25, -0.2) is 5.43 Å². The third-order valence-corrected chi connectivity index (χ3v) is 6.03. The van der Waals surface area contributed by atoms with E-state index in [0.717, 1.165) is 28.6 Å². The van der Waals surface area contributed by atoms with Crippen LogP contribution in [0.15, 0.2) is 53.6 Å². The van der Waals surface area contributed by atoms with Crippen molar-refractivity contribution in [1.29, 1.82) is 0 Å². The fourth-order valence-electron chi connectivity index (χ4n) is 2.26. The first kappa shape index (κ1) is 18.9. The molecule has 0 radical (unpaired) electrons. The molecular formula is C20H22N2O2S2. The Morgan fingerprint density at radius 2 is 1.96 bits per heavy atom. The Hall–Kier alpha value is -1.92. The summed E-state index contributed by atoms with van der Waals surface area (Å²) in [6.45, 7) is 2.07. The molecule has 1 N–H and O–H groups in total. The van der Waals surface area contributed by atoms with Crippen LogP contribution in [0.1, 0.15) is 16.7 Å². The second-order valence-electron chi connectivity index (χ2n) is 6.12. The molecule has 1 fully saturated rings. The topological polar surface area (TPSA) is 50.7 Å². The minimum atomic E-state index is -0.0965. The number of ether oxygens (including phenoxy) is 1. The molecule has 0 bridgehead atoms. The molecule has 0 spiro atoms. The molecule has 0 aromatic heterocycles. The minimum absolute atomic E-state index is 0.0965. The SMILES string of the molecule is Cc1ccc(CSCC(=O)N/N=C\c2ccc(OC3CSC3)cc2)cc1. The molecule has 136 valence electrons. The summed E-state index contributed by atoms with van der Waals surface area (Å²) in [4.78, 5) is 11.8. The lowest BCUT2D eigenvalue weighted by molar-refractivity contribution is -0.118. The highest BCUT2D eigenvalue weighted by Crippen LogP contribution is 2.23. The fourth-order valence-corrected chi connectivity index (χ4v) is 3.61. The van der Waals surface area contributed by atoms with Crippen molar-refractivity contribution in [3.05, 3.63) is 65.2 Å². The lowest BCUT2D eigenvalue weighted by atomic mass is 10.2. The Kier molecular flexibility index (Phi) is 7.03. The molecule has 2 aromatic rings. The summed E-state index contributed by atoms with van der Waals surface area (Å²) in [6, 6.07) is 16.1. The van der Waals surface area contributed by atoms with Crippen LogP contribution in [-0.2, 0) is 10.5 Å². The zero-order valence-electron chi connectivity index (χ0n) is 14.7. The van der Waals surface area contributed by atoms with E-state index < -0.39 is 0 Å². The van der Waals surface area contributed by atoms with E-state index in [1.165, 1.54) is 11.1 Å². The van der Waals surface area contributed by atoms with Crippen molar-refractivity contribution < 1.29 is 9.53 Å². The van der Waals surface area contributed by atoms with Gasteiger partial charge in [0.1, 0.15) is 11.9 Å². The fraction of sp³-hybridized carbons (Fsp3) is 0.300.